The van der Waals surface area contributed by atoms with E-state index in [-0.39, 0.29) is 5.41 Å². The summed E-state index contributed by atoms with van der Waals surface area (Å²) in [5, 5.41) is 6.72. The van der Waals surface area contributed by atoms with Crippen LogP contribution >= 0.6 is 11.3 Å². The Bertz CT molecular complexity index is 943. The normalized spacial score (nSPS) is 17.5. The van der Waals surface area contributed by atoms with Gasteiger partial charge in [-0.1, -0.05) is 27.7 Å². The van der Waals surface area contributed by atoms with Crippen LogP contribution in [0, 0.1) is 5.92 Å². The SMILES string of the molecule is CC(C)c1cnn2c1OCC(CC(C)(C)c1csc3c(N)ncnc13)C2. The van der Waals surface area contributed by atoms with Crippen LogP contribution in [0.25, 0.3) is 10.2 Å². The van der Waals surface area contributed by atoms with E-state index >= 15 is 0 Å². The van der Waals surface area contributed by atoms with Crippen molar-refractivity contribution in [2.45, 2.75) is 52.0 Å². The summed E-state index contributed by atoms with van der Waals surface area (Å²) in [5.74, 6) is 2.33. The highest BCUT2D eigenvalue weighted by molar-refractivity contribution is 7.18. The average Bonchev–Trinajstić information content (AvgIpc) is 3.19. The van der Waals surface area contributed by atoms with Gasteiger partial charge < -0.3 is 10.5 Å². The molecule has 0 radical (unpaired) electrons. The minimum atomic E-state index is -0.0292. The number of hydrogen-bond donors (Lipinski definition) is 1. The number of nitrogens with zero attached hydrogens (tertiary/aromatic N) is 4. The van der Waals surface area contributed by atoms with Crippen LogP contribution in [-0.2, 0) is 12.0 Å². The molecule has 1 aliphatic heterocycles. The summed E-state index contributed by atoms with van der Waals surface area (Å²) in [5.41, 5.74) is 9.38. The number of anilines is 1. The summed E-state index contributed by atoms with van der Waals surface area (Å²) in [6, 6.07) is 0. The zero-order valence-corrected chi connectivity index (χ0v) is 16.5. The average molecular weight is 372 g/mol. The number of hydrogen-bond acceptors (Lipinski definition) is 6. The van der Waals surface area contributed by atoms with Crippen LogP contribution in [0.5, 0.6) is 5.88 Å². The van der Waals surface area contributed by atoms with Gasteiger partial charge in [-0.15, -0.1) is 11.3 Å². The second-order valence-corrected chi connectivity index (χ2v) is 8.97. The Morgan fingerprint density at radius 1 is 1.38 bits per heavy atom. The van der Waals surface area contributed by atoms with Crippen LogP contribution in [-0.4, -0.2) is 26.4 Å². The Morgan fingerprint density at radius 3 is 2.96 bits per heavy atom. The molecule has 0 fully saturated rings. The van der Waals surface area contributed by atoms with Gasteiger partial charge in [-0.05, 0) is 28.7 Å². The van der Waals surface area contributed by atoms with E-state index in [2.05, 4.69) is 48.1 Å². The molecule has 1 atom stereocenters. The third-order valence-electron chi connectivity index (χ3n) is 5.24. The van der Waals surface area contributed by atoms with Gasteiger partial charge in [0.05, 0.1) is 29.6 Å². The first-order chi connectivity index (χ1) is 12.4. The summed E-state index contributed by atoms with van der Waals surface area (Å²) in [6.07, 6.45) is 4.50. The first-order valence-corrected chi connectivity index (χ1v) is 9.91. The number of nitrogen functional groups attached to an aromatic ring is 1. The van der Waals surface area contributed by atoms with E-state index in [9.17, 15) is 0 Å². The van der Waals surface area contributed by atoms with Gasteiger partial charge in [0.25, 0.3) is 0 Å². The van der Waals surface area contributed by atoms with Gasteiger partial charge in [0.1, 0.15) is 12.1 Å². The molecule has 4 heterocycles. The zero-order chi connectivity index (χ0) is 18.5. The maximum absolute atomic E-state index is 6.10. The first kappa shape index (κ1) is 17.3. The van der Waals surface area contributed by atoms with E-state index in [1.54, 1.807) is 17.7 Å². The van der Waals surface area contributed by atoms with Crippen LogP contribution in [0.3, 0.4) is 0 Å². The molecule has 1 unspecified atom stereocenters. The van der Waals surface area contributed by atoms with Gasteiger partial charge in [0.15, 0.2) is 0 Å². The summed E-state index contributed by atoms with van der Waals surface area (Å²) < 4.78 is 9.09. The molecule has 0 saturated carbocycles. The molecule has 2 N–H and O–H groups in total. The number of thiophene rings is 1. The molecule has 1 aliphatic rings. The zero-order valence-electron chi connectivity index (χ0n) is 15.7. The third kappa shape index (κ3) is 2.84. The molecular formula is C19H25N5OS. The molecule has 0 amide bonds. The highest BCUT2D eigenvalue weighted by atomic mass is 32.1. The predicted molar refractivity (Wildman–Crippen MR) is 105 cm³/mol. The van der Waals surface area contributed by atoms with Crippen molar-refractivity contribution in [3.8, 4) is 5.88 Å². The van der Waals surface area contributed by atoms with Crippen LogP contribution < -0.4 is 10.5 Å². The molecule has 0 spiro atoms. The standard InChI is InChI=1S/C19H25N5OS/c1-11(2)13-6-23-24-7-12(8-25-18(13)24)5-19(3,4)14-9-26-16-15(14)21-10-22-17(16)20/h6,9-12H,5,7-8H2,1-4H3,(H2,20,21,22). The molecule has 3 aromatic heterocycles. The minimum Gasteiger partial charge on any atom is -0.477 e. The number of nitrogens with two attached hydrogens (primary N) is 1. The molecule has 3 aromatic rings. The van der Waals surface area contributed by atoms with E-state index in [1.807, 2.05) is 10.9 Å². The summed E-state index contributed by atoms with van der Waals surface area (Å²) >= 11 is 1.63. The second kappa shape index (κ2) is 6.23. The van der Waals surface area contributed by atoms with Gasteiger partial charge >= 0.3 is 0 Å². The summed E-state index contributed by atoms with van der Waals surface area (Å²) in [7, 11) is 0. The van der Waals surface area contributed by atoms with Gasteiger partial charge in [-0.2, -0.15) is 5.10 Å². The van der Waals surface area contributed by atoms with Crippen molar-refractivity contribution >= 4 is 27.4 Å². The van der Waals surface area contributed by atoms with E-state index in [0.717, 1.165) is 35.7 Å². The van der Waals surface area contributed by atoms with Crippen molar-refractivity contribution < 1.29 is 4.74 Å². The third-order valence-corrected chi connectivity index (χ3v) is 6.23. The second-order valence-electron chi connectivity index (χ2n) is 8.09. The summed E-state index contributed by atoms with van der Waals surface area (Å²) in [4.78, 5) is 8.60. The van der Waals surface area contributed by atoms with Gasteiger partial charge in [0.2, 0.25) is 5.88 Å². The number of ether oxygens (including phenoxy) is 1. The van der Waals surface area contributed by atoms with Crippen LogP contribution in [0.1, 0.15) is 51.2 Å². The molecule has 0 saturated heterocycles. The Kier molecular flexibility index (Phi) is 4.14. The topological polar surface area (TPSA) is 78.9 Å². The maximum Gasteiger partial charge on any atom is 0.215 e. The Hall–Kier alpha value is -2.15. The number of rotatable bonds is 4. The van der Waals surface area contributed by atoms with Crippen molar-refractivity contribution in [1.29, 1.82) is 0 Å². The van der Waals surface area contributed by atoms with Crippen LogP contribution in [0.15, 0.2) is 17.9 Å². The molecule has 4 rings (SSSR count). The van der Waals surface area contributed by atoms with E-state index in [1.165, 1.54) is 11.1 Å². The monoisotopic (exact) mass is 371 g/mol. The fraction of sp³-hybridized carbons (Fsp3) is 0.526. The molecule has 6 nitrogen and oxygen atoms in total. The maximum atomic E-state index is 6.10. The Balaban J connectivity index is 1.57. The van der Waals surface area contributed by atoms with Gasteiger partial charge in [-0.25, -0.2) is 14.6 Å². The molecular weight excluding hydrogens is 346 g/mol. The quantitative estimate of drug-likeness (QED) is 0.751. The van der Waals surface area contributed by atoms with Crippen molar-refractivity contribution in [3.63, 3.8) is 0 Å². The highest BCUT2D eigenvalue weighted by Gasteiger charge is 2.32. The lowest BCUT2D eigenvalue weighted by molar-refractivity contribution is 0.139. The van der Waals surface area contributed by atoms with E-state index < -0.39 is 0 Å². The lowest BCUT2D eigenvalue weighted by Crippen LogP contribution is -2.32. The summed E-state index contributed by atoms with van der Waals surface area (Å²) in [6.45, 7) is 10.5. The van der Waals surface area contributed by atoms with Gasteiger partial charge in [-0.3, -0.25) is 0 Å². The fourth-order valence-corrected chi connectivity index (χ4v) is 4.98. The van der Waals surface area contributed by atoms with E-state index in [4.69, 9.17) is 10.5 Å². The molecule has 7 heteroatoms. The van der Waals surface area contributed by atoms with Crippen molar-refractivity contribution in [2.75, 3.05) is 12.3 Å². The lowest BCUT2D eigenvalue weighted by Gasteiger charge is -2.32. The molecule has 138 valence electrons. The van der Waals surface area contributed by atoms with E-state index in [0.29, 0.717) is 17.7 Å². The fourth-order valence-electron chi connectivity index (χ4n) is 3.87. The Morgan fingerprint density at radius 2 is 2.19 bits per heavy atom. The van der Waals surface area contributed by atoms with Crippen LogP contribution in [0.4, 0.5) is 5.82 Å². The Labute approximate surface area is 157 Å². The van der Waals surface area contributed by atoms with Crippen molar-refractivity contribution in [1.82, 2.24) is 19.7 Å². The van der Waals surface area contributed by atoms with Crippen molar-refractivity contribution in [3.05, 3.63) is 29.0 Å². The highest BCUT2D eigenvalue weighted by Crippen LogP contribution is 2.40. The number of aromatic nitrogens is 4. The van der Waals surface area contributed by atoms with Crippen LogP contribution in [0.2, 0.25) is 0 Å². The minimum absolute atomic E-state index is 0.0292. The van der Waals surface area contributed by atoms with Crippen molar-refractivity contribution in [2.24, 2.45) is 5.92 Å². The molecule has 0 bridgehead atoms. The number of fused-ring (bicyclic) bond motifs is 2. The predicted octanol–water partition coefficient (Wildman–Crippen LogP) is 3.97. The molecule has 0 aliphatic carbocycles. The lowest BCUT2D eigenvalue weighted by atomic mass is 9.77. The molecule has 26 heavy (non-hydrogen) atoms. The first-order valence-electron chi connectivity index (χ1n) is 9.03. The molecule has 0 aromatic carbocycles. The van der Waals surface area contributed by atoms with Gasteiger partial charge in [0, 0.05) is 11.5 Å². The smallest absolute Gasteiger partial charge is 0.215 e. The largest absolute Gasteiger partial charge is 0.477 e.